The Balaban J connectivity index is 0.000000192. The zero-order chi connectivity index (χ0) is 22.2. The molecular formula is C21H22ClFN6O2. The molecule has 0 atom stereocenters. The summed E-state index contributed by atoms with van der Waals surface area (Å²) in [6.45, 7) is 5.36. The maximum Gasteiger partial charge on any atom is 0.291 e. The molecule has 0 aromatic carbocycles. The topological polar surface area (TPSA) is 92.3 Å². The van der Waals surface area contributed by atoms with Gasteiger partial charge in [-0.1, -0.05) is 11.6 Å². The number of aromatic nitrogens is 5. The molecule has 0 bridgehead atoms. The van der Waals surface area contributed by atoms with Crippen molar-refractivity contribution in [3.05, 3.63) is 70.7 Å². The van der Waals surface area contributed by atoms with Crippen LogP contribution in [0.1, 0.15) is 47.4 Å². The highest BCUT2D eigenvalue weighted by Crippen LogP contribution is 2.27. The monoisotopic (exact) mass is 444 g/mol. The standard InChI is InChI=1S/C14H17FN4O2.C7H5ClN2/c1-8-11(21-13(18-8)14(2,3)15)12(20)19-5-4-9-10(6-19)17-7-16-9;8-6-2-1-5-10-7(6)3-4-9-10/h7H,4-6H2,1-3H3,(H,16,17);1-5H. The number of aryl methyl sites for hydroxylation is 1. The minimum Gasteiger partial charge on any atom is -0.432 e. The Kier molecular flexibility index (Phi) is 5.53. The number of H-pyrrole nitrogens is 1. The van der Waals surface area contributed by atoms with Gasteiger partial charge in [-0.05, 0) is 39.0 Å². The molecule has 8 nitrogen and oxygen atoms in total. The van der Waals surface area contributed by atoms with Crippen molar-refractivity contribution in [1.29, 1.82) is 0 Å². The number of carbonyl (C=O) groups excluding carboxylic acids is 1. The van der Waals surface area contributed by atoms with Gasteiger partial charge in [0, 0.05) is 19.2 Å². The SMILES string of the molecule is Cc1nc(C(C)(C)F)oc1C(=O)N1CCc2nc[nH]c2C1.Clc1cccn2nccc12. The fourth-order valence-electron chi connectivity index (χ4n) is 3.30. The first-order chi connectivity index (χ1) is 14.7. The van der Waals surface area contributed by atoms with Gasteiger partial charge >= 0.3 is 0 Å². The van der Waals surface area contributed by atoms with Crippen LogP contribution in [0.4, 0.5) is 4.39 Å². The largest absolute Gasteiger partial charge is 0.432 e. The van der Waals surface area contributed by atoms with E-state index in [0.29, 0.717) is 25.2 Å². The Hall–Kier alpha value is -3.20. The molecule has 4 aromatic heterocycles. The maximum atomic E-state index is 13.9. The molecule has 4 aromatic rings. The van der Waals surface area contributed by atoms with Crippen LogP contribution < -0.4 is 0 Å². The number of hydrogen-bond donors (Lipinski definition) is 1. The van der Waals surface area contributed by atoms with Crippen molar-refractivity contribution in [2.24, 2.45) is 0 Å². The average molecular weight is 445 g/mol. The van der Waals surface area contributed by atoms with Gasteiger partial charge in [0.25, 0.3) is 5.91 Å². The van der Waals surface area contributed by atoms with E-state index in [1.54, 1.807) is 28.9 Å². The van der Waals surface area contributed by atoms with E-state index in [9.17, 15) is 9.18 Å². The van der Waals surface area contributed by atoms with Crippen molar-refractivity contribution in [2.45, 2.75) is 39.4 Å². The Morgan fingerprint density at radius 1 is 1.35 bits per heavy atom. The van der Waals surface area contributed by atoms with Gasteiger partial charge in [-0.25, -0.2) is 18.9 Å². The van der Waals surface area contributed by atoms with Crippen LogP contribution in [0.25, 0.3) is 5.52 Å². The predicted molar refractivity (Wildman–Crippen MR) is 113 cm³/mol. The van der Waals surface area contributed by atoms with Crippen molar-refractivity contribution >= 4 is 23.0 Å². The van der Waals surface area contributed by atoms with Crippen LogP contribution in [0.15, 0.2) is 41.3 Å². The van der Waals surface area contributed by atoms with Gasteiger partial charge in [0.05, 0.1) is 46.7 Å². The third-order valence-electron chi connectivity index (χ3n) is 4.95. The van der Waals surface area contributed by atoms with Gasteiger partial charge in [0.1, 0.15) is 0 Å². The number of alkyl halides is 1. The molecule has 1 N–H and O–H groups in total. The summed E-state index contributed by atoms with van der Waals surface area (Å²) in [6, 6.07) is 5.59. The molecule has 0 aliphatic carbocycles. The Morgan fingerprint density at radius 3 is 2.87 bits per heavy atom. The molecule has 0 fully saturated rings. The molecule has 1 aliphatic rings. The fourth-order valence-corrected chi connectivity index (χ4v) is 3.52. The normalized spacial score (nSPS) is 13.6. The van der Waals surface area contributed by atoms with Crippen LogP contribution in [-0.4, -0.2) is 41.9 Å². The highest BCUT2D eigenvalue weighted by atomic mass is 35.5. The molecule has 5 heterocycles. The van der Waals surface area contributed by atoms with Crippen molar-refractivity contribution in [3.63, 3.8) is 0 Å². The van der Waals surface area contributed by atoms with Gasteiger partial charge in [0.2, 0.25) is 11.7 Å². The van der Waals surface area contributed by atoms with Crippen LogP contribution in [0.2, 0.25) is 5.02 Å². The van der Waals surface area contributed by atoms with Crippen molar-refractivity contribution in [3.8, 4) is 0 Å². The average Bonchev–Trinajstić information content (AvgIpc) is 3.46. The molecule has 5 rings (SSSR count). The molecule has 10 heteroatoms. The van der Waals surface area contributed by atoms with E-state index in [0.717, 1.165) is 21.9 Å². The minimum absolute atomic E-state index is 0.0670. The lowest BCUT2D eigenvalue weighted by Gasteiger charge is -2.25. The molecule has 0 spiro atoms. The number of nitrogens with zero attached hydrogens (tertiary/aromatic N) is 5. The minimum atomic E-state index is -1.71. The highest BCUT2D eigenvalue weighted by Gasteiger charge is 2.32. The van der Waals surface area contributed by atoms with Crippen molar-refractivity contribution < 1.29 is 13.6 Å². The number of imidazole rings is 1. The number of fused-ring (bicyclic) bond motifs is 2. The number of halogens is 2. The van der Waals surface area contributed by atoms with Gasteiger partial charge in [-0.3, -0.25) is 4.79 Å². The molecule has 0 unspecified atom stereocenters. The number of rotatable bonds is 2. The number of amides is 1. The van der Waals surface area contributed by atoms with Gasteiger partial charge in [-0.2, -0.15) is 5.10 Å². The summed E-state index contributed by atoms with van der Waals surface area (Å²) in [5, 5.41) is 4.75. The summed E-state index contributed by atoms with van der Waals surface area (Å²) >= 11 is 5.84. The van der Waals surface area contributed by atoms with Crippen molar-refractivity contribution in [1.82, 2.24) is 29.5 Å². The van der Waals surface area contributed by atoms with Crippen LogP contribution >= 0.6 is 11.6 Å². The third-order valence-corrected chi connectivity index (χ3v) is 5.27. The first-order valence-corrected chi connectivity index (χ1v) is 10.2. The van der Waals surface area contributed by atoms with E-state index in [1.807, 2.05) is 24.4 Å². The lowest BCUT2D eigenvalue weighted by atomic mass is 10.1. The van der Waals surface area contributed by atoms with E-state index in [-0.39, 0.29) is 17.6 Å². The lowest BCUT2D eigenvalue weighted by Crippen LogP contribution is -2.36. The maximum absolute atomic E-state index is 13.9. The molecule has 0 saturated carbocycles. The highest BCUT2D eigenvalue weighted by molar-refractivity contribution is 6.33. The molecule has 1 aliphatic heterocycles. The molecule has 0 saturated heterocycles. The second kappa shape index (κ2) is 8.14. The number of nitrogens with one attached hydrogen (secondary N) is 1. The van der Waals surface area contributed by atoms with E-state index < -0.39 is 5.67 Å². The second-order valence-corrected chi connectivity index (χ2v) is 8.13. The number of aromatic amines is 1. The summed E-state index contributed by atoms with van der Waals surface area (Å²) in [4.78, 5) is 25.4. The number of pyridine rings is 1. The van der Waals surface area contributed by atoms with Crippen LogP contribution in [-0.2, 0) is 18.6 Å². The first kappa shape index (κ1) is 21.0. The van der Waals surface area contributed by atoms with Crippen LogP contribution in [0.5, 0.6) is 0 Å². The number of oxazole rings is 1. The third kappa shape index (κ3) is 4.32. The molecule has 31 heavy (non-hydrogen) atoms. The zero-order valence-corrected chi connectivity index (χ0v) is 18.1. The molecule has 162 valence electrons. The lowest BCUT2D eigenvalue weighted by molar-refractivity contribution is 0.0687. The first-order valence-electron chi connectivity index (χ1n) is 9.79. The number of hydrogen-bond acceptors (Lipinski definition) is 5. The van der Waals surface area contributed by atoms with Crippen LogP contribution in [0, 0.1) is 6.92 Å². The smallest absolute Gasteiger partial charge is 0.291 e. The Labute approximate surface area is 183 Å². The molecule has 1 amide bonds. The second-order valence-electron chi connectivity index (χ2n) is 7.73. The summed E-state index contributed by atoms with van der Waals surface area (Å²) in [7, 11) is 0. The molecular weight excluding hydrogens is 423 g/mol. The predicted octanol–water partition coefficient (Wildman–Crippen LogP) is 4.10. The molecule has 0 radical (unpaired) electrons. The Morgan fingerprint density at radius 2 is 2.16 bits per heavy atom. The van der Waals surface area contributed by atoms with Crippen LogP contribution in [0.3, 0.4) is 0 Å². The van der Waals surface area contributed by atoms with E-state index in [4.69, 9.17) is 16.0 Å². The summed E-state index contributed by atoms with van der Waals surface area (Å²) < 4.78 is 21.0. The quantitative estimate of drug-likeness (QED) is 0.502. The van der Waals surface area contributed by atoms with Gasteiger partial charge in [-0.15, -0.1) is 0 Å². The van der Waals surface area contributed by atoms with Crippen molar-refractivity contribution in [2.75, 3.05) is 6.54 Å². The van der Waals surface area contributed by atoms with Gasteiger partial charge in [0.15, 0.2) is 5.67 Å². The van der Waals surface area contributed by atoms with E-state index in [2.05, 4.69) is 20.1 Å². The zero-order valence-electron chi connectivity index (χ0n) is 17.4. The fraction of sp³-hybridized carbons (Fsp3) is 0.333. The Bertz CT molecular complexity index is 1220. The van der Waals surface area contributed by atoms with E-state index in [1.165, 1.54) is 13.8 Å². The van der Waals surface area contributed by atoms with Gasteiger partial charge < -0.3 is 14.3 Å². The summed E-state index contributed by atoms with van der Waals surface area (Å²) in [5.74, 6) is -0.225. The summed E-state index contributed by atoms with van der Waals surface area (Å²) in [6.07, 6.45) is 5.91. The summed E-state index contributed by atoms with van der Waals surface area (Å²) in [5.41, 5.74) is 1.57. The van der Waals surface area contributed by atoms with E-state index >= 15 is 0 Å². The number of carbonyl (C=O) groups is 1.